The zero-order valence-corrected chi connectivity index (χ0v) is 9.12. The van der Waals surface area contributed by atoms with Crippen molar-refractivity contribution in [2.75, 3.05) is 13.2 Å². The third-order valence-corrected chi connectivity index (χ3v) is 3.40. The minimum Gasteiger partial charge on any atom is -0.381 e. The topological polar surface area (TPSA) is 35.2 Å². The van der Waals surface area contributed by atoms with Crippen LogP contribution in [-0.2, 0) is 4.74 Å². The van der Waals surface area contributed by atoms with Gasteiger partial charge in [-0.2, -0.15) is 0 Å². The first kappa shape index (κ1) is 11.0. The van der Waals surface area contributed by atoms with Crippen molar-refractivity contribution >= 4 is 0 Å². The Labute approximate surface area is 81.8 Å². The van der Waals surface area contributed by atoms with E-state index < -0.39 is 0 Å². The van der Waals surface area contributed by atoms with Gasteiger partial charge in [-0.25, -0.2) is 0 Å². The van der Waals surface area contributed by atoms with Crippen LogP contribution in [0, 0.1) is 17.8 Å². The quantitative estimate of drug-likeness (QED) is 0.730. The number of ether oxygens (including phenoxy) is 1. The van der Waals surface area contributed by atoms with Gasteiger partial charge in [0, 0.05) is 12.6 Å². The standard InChI is InChI=1S/C11H23NO/c1-8(2)9(3)11(12)10-5-4-6-13-7-10/h8-11H,4-7,12H2,1-3H3. The molecule has 78 valence electrons. The fourth-order valence-corrected chi connectivity index (χ4v) is 1.94. The second-order valence-corrected chi connectivity index (χ2v) is 4.66. The van der Waals surface area contributed by atoms with Gasteiger partial charge >= 0.3 is 0 Å². The zero-order chi connectivity index (χ0) is 9.84. The Morgan fingerprint density at radius 1 is 1.31 bits per heavy atom. The summed E-state index contributed by atoms with van der Waals surface area (Å²) < 4.78 is 5.45. The van der Waals surface area contributed by atoms with Crippen LogP contribution < -0.4 is 5.73 Å². The first-order chi connectivity index (χ1) is 6.13. The third kappa shape index (κ3) is 2.96. The summed E-state index contributed by atoms with van der Waals surface area (Å²) in [6.07, 6.45) is 2.43. The molecule has 2 heteroatoms. The molecular weight excluding hydrogens is 162 g/mol. The fraction of sp³-hybridized carbons (Fsp3) is 1.00. The van der Waals surface area contributed by atoms with Gasteiger partial charge < -0.3 is 10.5 Å². The Morgan fingerprint density at radius 3 is 2.46 bits per heavy atom. The van der Waals surface area contributed by atoms with Gasteiger partial charge in [0.25, 0.3) is 0 Å². The molecule has 1 saturated heterocycles. The maximum absolute atomic E-state index is 6.21. The highest BCUT2D eigenvalue weighted by atomic mass is 16.5. The van der Waals surface area contributed by atoms with Gasteiger partial charge in [0.2, 0.25) is 0 Å². The van der Waals surface area contributed by atoms with Crippen molar-refractivity contribution in [3.05, 3.63) is 0 Å². The van der Waals surface area contributed by atoms with E-state index in [1.165, 1.54) is 12.8 Å². The molecule has 1 heterocycles. The first-order valence-corrected chi connectivity index (χ1v) is 5.46. The van der Waals surface area contributed by atoms with Crippen LogP contribution in [0.1, 0.15) is 33.6 Å². The summed E-state index contributed by atoms with van der Waals surface area (Å²) in [5.74, 6) is 1.87. The molecule has 0 saturated carbocycles. The molecule has 2 nitrogen and oxygen atoms in total. The molecule has 0 bridgehead atoms. The van der Waals surface area contributed by atoms with E-state index in [1.54, 1.807) is 0 Å². The molecular formula is C11H23NO. The van der Waals surface area contributed by atoms with Gasteiger partial charge in [-0.15, -0.1) is 0 Å². The van der Waals surface area contributed by atoms with E-state index in [4.69, 9.17) is 10.5 Å². The molecule has 0 spiro atoms. The first-order valence-electron chi connectivity index (χ1n) is 5.46. The highest BCUT2D eigenvalue weighted by Crippen LogP contribution is 2.24. The van der Waals surface area contributed by atoms with Crippen molar-refractivity contribution < 1.29 is 4.74 Å². The molecule has 0 aliphatic carbocycles. The molecule has 0 aromatic heterocycles. The Kier molecular flexibility index (Phi) is 4.20. The molecule has 3 atom stereocenters. The third-order valence-electron chi connectivity index (χ3n) is 3.40. The summed E-state index contributed by atoms with van der Waals surface area (Å²) >= 11 is 0. The van der Waals surface area contributed by atoms with Gasteiger partial charge in [0.05, 0.1) is 6.61 Å². The van der Waals surface area contributed by atoms with Crippen molar-refractivity contribution in [2.45, 2.75) is 39.7 Å². The summed E-state index contributed by atoms with van der Waals surface area (Å²) in [4.78, 5) is 0. The molecule has 1 rings (SSSR count). The van der Waals surface area contributed by atoms with Crippen LogP contribution in [0.15, 0.2) is 0 Å². The van der Waals surface area contributed by atoms with E-state index in [2.05, 4.69) is 20.8 Å². The van der Waals surface area contributed by atoms with Crippen LogP contribution in [0.5, 0.6) is 0 Å². The lowest BCUT2D eigenvalue weighted by molar-refractivity contribution is 0.0337. The predicted octanol–water partition coefficient (Wildman–Crippen LogP) is 2.03. The molecule has 2 N–H and O–H groups in total. The monoisotopic (exact) mass is 185 g/mol. The van der Waals surface area contributed by atoms with E-state index in [1.807, 2.05) is 0 Å². The number of rotatable bonds is 3. The molecule has 1 fully saturated rings. The zero-order valence-electron chi connectivity index (χ0n) is 9.12. The average molecular weight is 185 g/mol. The number of hydrogen-bond donors (Lipinski definition) is 1. The summed E-state index contributed by atoms with van der Waals surface area (Å²) in [6.45, 7) is 8.55. The summed E-state index contributed by atoms with van der Waals surface area (Å²) in [6, 6.07) is 0.320. The van der Waals surface area contributed by atoms with Crippen molar-refractivity contribution in [3.8, 4) is 0 Å². The van der Waals surface area contributed by atoms with Crippen molar-refractivity contribution in [1.82, 2.24) is 0 Å². The molecule has 1 aliphatic rings. The van der Waals surface area contributed by atoms with Crippen LogP contribution in [0.4, 0.5) is 0 Å². The van der Waals surface area contributed by atoms with Crippen molar-refractivity contribution in [3.63, 3.8) is 0 Å². The molecule has 0 aromatic carbocycles. The maximum Gasteiger partial charge on any atom is 0.0509 e. The molecule has 13 heavy (non-hydrogen) atoms. The Morgan fingerprint density at radius 2 is 2.00 bits per heavy atom. The maximum atomic E-state index is 6.21. The highest BCUT2D eigenvalue weighted by molar-refractivity contribution is 4.80. The Bertz CT molecular complexity index is 141. The molecule has 0 radical (unpaired) electrons. The SMILES string of the molecule is CC(C)C(C)C(N)C1CCCOC1. The van der Waals surface area contributed by atoms with Gasteiger partial charge in [-0.3, -0.25) is 0 Å². The highest BCUT2D eigenvalue weighted by Gasteiger charge is 2.26. The molecule has 0 amide bonds. The van der Waals surface area contributed by atoms with Crippen molar-refractivity contribution in [1.29, 1.82) is 0 Å². The van der Waals surface area contributed by atoms with Crippen LogP contribution in [0.25, 0.3) is 0 Å². The van der Waals surface area contributed by atoms with Crippen LogP contribution in [-0.4, -0.2) is 19.3 Å². The van der Waals surface area contributed by atoms with E-state index >= 15 is 0 Å². The minimum atomic E-state index is 0.320. The largest absolute Gasteiger partial charge is 0.381 e. The second-order valence-electron chi connectivity index (χ2n) is 4.66. The van der Waals surface area contributed by atoms with Gasteiger partial charge in [-0.05, 0) is 30.6 Å². The fourth-order valence-electron chi connectivity index (χ4n) is 1.94. The van der Waals surface area contributed by atoms with E-state index in [0.29, 0.717) is 23.8 Å². The normalized spacial score (nSPS) is 28.8. The lowest BCUT2D eigenvalue weighted by Crippen LogP contribution is -2.42. The van der Waals surface area contributed by atoms with Crippen molar-refractivity contribution in [2.24, 2.45) is 23.5 Å². The lowest BCUT2D eigenvalue weighted by atomic mass is 9.81. The lowest BCUT2D eigenvalue weighted by Gasteiger charge is -2.33. The molecule has 0 aromatic rings. The van der Waals surface area contributed by atoms with E-state index in [-0.39, 0.29) is 0 Å². The Balaban J connectivity index is 2.40. The number of hydrogen-bond acceptors (Lipinski definition) is 2. The predicted molar refractivity (Wildman–Crippen MR) is 55.5 cm³/mol. The van der Waals surface area contributed by atoms with E-state index in [0.717, 1.165) is 13.2 Å². The van der Waals surface area contributed by atoms with Gasteiger partial charge in [0.1, 0.15) is 0 Å². The average Bonchev–Trinajstić information content (AvgIpc) is 2.17. The second kappa shape index (κ2) is 4.97. The van der Waals surface area contributed by atoms with Gasteiger partial charge in [0.15, 0.2) is 0 Å². The van der Waals surface area contributed by atoms with Gasteiger partial charge in [-0.1, -0.05) is 20.8 Å². The molecule has 1 aliphatic heterocycles. The number of nitrogens with two attached hydrogens (primary N) is 1. The van der Waals surface area contributed by atoms with Crippen LogP contribution >= 0.6 is 0 Å². The Hall–Kier alpha value is -0.0800. The summed E-state index contributed by atoms with van der Waals surface area (Å²) in [5.41, 5.74) is 6.21. The molecule has 3 unspecified atom stereocenters. The van der Waals surface area contributed by atoms with Crippen LogP contribution in [0.3, 0.4) is 0 Å². The van der Waals surface area contributed by atoms with Crippen LogP contribution in [0.2, 0.25) is 0 Å². The van der Waals surface area contributed by atoms with E-state index in [9.17, 15) is 0 Å². The minimum absolute atomic E-state index is 0.320. The summed E-state index contributed by atoms with van der Waals surface area (Å²) in [5, 5.41) is 0. The smallest absolute Gasteiger partial charge is 0.0509 e. The summed E-state index contributed by atoms with van der Waals surface area (Å²) in [7, 11) is 0.